The third kappa shape index (κ3) is 4.81. The number of phenols is 1. The first-order valence-corrected chi connectivity index (χ1v) is 12.4. The van der Waals surface area contributed by atoms with Gasteiger partial charge in [-0.15, -0.1) is 11.3 Å². The summed E-state index contributed by atoms with van der Waals surface area (Å²) in [6.45, 7) is 7.37. The van der Waals surface area contributed by atoms with Gasteiger partial charge in [0.2, 0.25) is 11.9 Å². The monoisotopic (exact) mass is 502 g/mol. The largest absolute Gasteiger partial charge is 0.508 e. The van der Waals surface area contributed by atoms with Gasteiger partial charge in [-0.1, -0.05) is 6.58 Å². The second-order valence-corrected chi connectivity index (χ2v) is 9.51. The molecular weight excluding hydrogens is 476 g/mol. The van der Waals surface area contributed by atoms with Gasteiger partial charge in [0.1, 0.15) is 10.4 Å². The summed E-state index contributed by atoms with van der Waals surface area (Å²) in [6.07, 6.45) is 1.15. The molecule has 1 aliphatic rings. The topological polar surface area (TPSA) is 105 Å². The first kappa shape index (κ1) is 23.6. The van der Waals surface area contributed by atoms with Crippen LogP contribution in [0.1, 0.15) is 0 Å². The number of anilines is 5. The Kier molecular flexibility index (Phi) is 6.45. The van der Waals surface area contributed by atoms with Crippen LogP contribution in [-0.2, 0) is 4.79 Å². The highest BCUT2D eigenvalue weighted by atomic mass is 32.1. The van der Waals surface area contributed by atoms with E-state index in [2.05, 4.69) is 38.7 Å². The van der Waals surface area contributed by atoms with E-state index in [9.17, 15) is 14.7 Å². The van der Waals surface area contributed by atoms with E-state index in [0.29, 0.717) is 27.5 Å². The van der Waals surface area contributed by atoms with E-state index in [1.54, 1.807) is 23.1 Å². The van der Waals surface area contributed by atoms with Crippen LogP contribution in [0, 0.1) is 0 Å². The quantitative estimate of drug-likeness (QED) is 0.342. The third-order valence-electron chi connectivity index (χ3n) is 6.10. The first-order valence-electron chi connectivity index (χ1n) is 11.5. The fourth-order valence-corrected chi connectivity index (χ4v) is 4.95. The lowest BCUT2D eigenvalue weighted by atomic mass is 10.2. The van der Waals surface area contributed by atoms with Gasteiger partial charge >= 0.3 is 0 Å². The van der Waals surface area contributed by atoms with E-state index in [-0.39, 0.29) is 11.3 Å². The molecule has 1 aliphatic heterocycles. The van der Waals surface area contributed by atoms with Crippen LogP contribution in [0.15, 0.2) is 71.4 Å². The number of H-pyrrole nitrogens is 1. The van der Waals surface area contributed by atoms with Crippen LogP contribution in [0.5, 0.6) is 5.75 Å². The molecule has 4 aromatic rings. The summed E-state index contributed by atoms with van der Waals surface area (Å²) >= 11 is 1.33. The summed E-state index contributed by atoms with van der Waals surface area (Å²) in [5, 5.41) is 14.9. The van der Waals surface area contributed by atoms with E-state index in [0.717, 1.165) is 43.6 Å². The van der Waals surface area contributed by atoms with Crippen LogP contribution in [0.25, 0.3) is 10.2 Å². The predicted octanol–water partition coefficient (Wildman–Crippen LogP) is 4.04. The molecule has 1 amide bonds. The summed E-state index contributed by atoms with van der Waals surface area (Å²) in [6, 6.07) is 14.5. The molecule has 3 N–H and O–H groups in total. The number of carbonyl (C=O) groups excluding carboxylic acids is 1. The predicted molar refractivity (Wildman–Crippen MR) is 145 cm³/mol. The normalized spacial score (nSPS) is 14.1. The number of benzene rings is 2. The fourth-order valence-electron chi connectivity index (χ4n) is 4.23. The Morgan fingerprint density at radius 1 is 1.14 bits per heavy atom. The number of nitrogens with zero attached hydrogens (tertiary/aromatic N) is 4. The highest BCUT2D eigenvalue weighted by Gasteiger charge is 2.20. The number of amides is 1. The number of hydrogen-bond donors (Lipinski definition) is 3. The zero-order valence-electron chi connectivity index (χ0n) is 19.8. The van der Waals surface area contributed by atoms with E-state index < -0.39 is 5.91 Å². The Morgan fingerprint density at radius 2 is 1.89 bits per heavy atom. The number of phenolic OH excluding ortho intramolecular Hbond substituents is 1. The molecular formula is C26H26N6O3S. The minimum Gasteiger partial charge on any atom is -0.508 e. The smallest absolute Gasteiger partial charge is 0.270 e. The SMILES string of the molecule is C=CC(=O)Nc1cc(O)cc(N(c2ccc(N3CCN(C)CC3)cc2)c2nc3ccsc3c(=O)[nH]2)c1. The Hall–Kier alpha value is -4.15. The van der Waals surface area contributed by atoms with Crippen molar-refractivity contribution in [3.8, 4) is 5.75 Å². The molecule has 36 heavy (non-hydrogen) atoms. The van der Waals surface area contributed by atoms with Crippen LogP contribution >= 0.6 is 11.3 Å². The molecule has 0 unspecified atom stereocenters. The number of piperazine rings is 1. The van der Waals surface area contributed by atoms with Crippen LogP contribution < -0.4 is 20.7 Å². The van der Waals surface area contributed by atoms with Crippen molar-refractivity contribution >= 4 is 56.2 Å². The molecule has 0 saturated carbocycles. The number of carbonyl (C=O) groups is 1. The first-order chi connectivity index (χ1) is 17.4. The Bertz CT molecular complexity index is 1470. The van der Waals surface area contributed by atoms with Crippen molar-refractivity contribution in [2.24, 2.45) is 0 Å². The molecule has 2 aromatic heterocycles. The number of fused-ring (bicyclic) bond motifs is 1. The average Bonchev–Trinajstić information content (AvgIpc) is 3.34. The van der Waals surface area contributed by atoms with Crippen LogP contribution in [-0.4, -0.2) is 59.1 Å². The molecule has 1 fully saturated rings. The Balaban J connectivity index is 1.59. The summed E-state index contributed by atoms with van der Waals surface area (Å²) < 4.78 is 0.541. The molecule has 0 spiro atoms. The molecule has 9 nitrogen and oxygen atoms in total. The number of aromatic nitrogens is 2. The molecule has 5 rings (SSSR count). The average molecular weight is 503 g/mol. The minimum absolute atomic E-state index is 0.0510. The molecule has 1 saturated heterocycles. The number of hydrogen-bond acceptors (Lipinski definition) is 8. The van der Waals surface area contributed by atoms with E-state index >= 15 is 0 Å². The van der Waals surface area contributed by atoms with Crippen LogP contribution in [0.4, 0.5) is 28.7 Å². The number of nitrogens with one attached hydrogen (secondary N) is 2. The van der Waals surface area contributed by atoms with Crippen molar-refractivity contribution in [3.05, 3.63) is 76.9 Å². The maximum absolute atomic E-state index is 12.8. The van der Waals surface area contributed by atoms with Crippen molar-refractivity contribution in [2.75, 3.05) is 48.3 Å². The molecule has 3 heterocycles. The van der Waals surface area contributed by atoms with Gasteiger partial charge in [0, 0.05) is 55.4 Å². The third-order valence-corrected chi connectivity index (χ3v) is 7.01. The molecule has 0 radical (unpaired) electrons. The zero-order chi connectivity index (χ0) is 25.2. The summed E-state index contributed by atoms with van der Waals surface area (Å²) in [7, 11) is 2.12. The Morgan fingerprint density at radius 3 is 2.61 bits per heavy atom. The van der Waals surface area contributed by atoms with Crippen molar-refractivity contribution in [1.29, 1.82) is 0 Å². The standard InChI is InChI=1S/C26H26N6O3S/c1-3-23(34)27-17-14-20(16-21(33)15-17)32(26-28-22-8-13-36-24(22)25(35)29-26)19-6-4-18(5-7-19)31-11-9-30(2)10-12-31/h3-8,13-16,33H,1,9-12H2,2H3,(H,27,34)(H,28,29,35). The van der Waals surface area contributed by atoms with Gasteiger partial charge in [0.05, 0.1) is 11.2 Å². The summed E-state index contributed by atoms with van der Waals surface area (Å²) in [5.74, 6) is -0.157. The number of rotatable bonds is 6. The summed E-state index contributed by atoms with van der Waals surface area (Å²) in [4.78, 5) is 38.6. The number of aromatic hydroxyl groups is 1. The van der Waals surface area contributed by atoms with Gasteiger partial charge in [0.15, 0.2) is 0 Å². The van der Waals surface area contributed by atoms with Gasteiger partial charge in [-0.25, -0.2) is 4.98 Å². The molecule has 2 aromatic carbocycles. The lowest BCUT2D eigenvalue weighted by Gasteiger charge is -2.34. The highest BCUT2D eigenvalue weighted by Crippen LogP contribution is 2.37. The van der Waals surface area contributed by atoms with Crippen molar-refractivity contribution in [3.63, 3.8) is 0 Å². The highest BCUT2D eigenvalue weighted by molar-refractivity contribution is 7.17. The molecule has 0 bridgehead atoms. The lowest BCUT2D eigenvalue weighted by molar-refractivity contribution is -0.111. The van der Waals surface area contributed by atoms with E-state index in [1.807, 2.05) is 29.6 Å². The molecule has 184 valence electrons. The number of aromatic amines is 1. The minimum atomic E-state index is -0.402. The maximum atomic E-state index is 12.8. The second kappa shape index (κ2) is 9.84. The lowest BCUT2D eigenvalue weighted by Crippen LogP contribution is -2.44. The van der Waals surface area contributed by atoms with Gasteiger partial charge in [-0.2, -0.15) is 0 Å². The number of thiophene rings is 1. The van der Waals surface area contributed by atoms with Crippen molar-refractivity contribution < 1.29 is 9.90 Å². The van der Waals surface area contributed by atoms with Crippen molar-refractivity contribution in [2.45, 2.75) is 0 Å². The van der Waals surface area contributed by atoms with Gasteiger partial charge in [-0.3, -0.25) is 19.5 Å². The summed E-state index contributed by atoms with van der Waals surface area (Å²) in [5.41, 5.74) is 3.07. The van der Waals surface area contributed by atoms with E-state index in [1.165, 1.54) is 17.4 Å². The van der Waals surface area contributed by atoms with Crippen LogP contribution in [0.2, 0.25) is 0 Å². The fraction of sp³-hybridized carbons (Fsp3) is 0.192. The van der Waals surface area contributed by atoms with E-state index in [4.69, 9.17) is 0 Å². The molecule has 0 atom stereocenters. The Labute approximate surface area is 211 Å². The van der Waals surface area contributed by atoms with Crippen LogP contribution in [0.3, 0.4) is 0 Å². The number of likely N-dealkylation sites (N-methyl/N-ethyl adjacent to an activating group) is 1. The van der Waals surface area contributed by atoms with Gasteiger partial charge < -0.3 is 20.2 Å². The maximum Gasteiger partial charge on any atom is 0.270 e. The van der Waals surface area contributed by atoms with Gasteiger partial charge in [0.25, 0.3) is 5.56 Å². The molecule has 10 heteroatoms. The van der Waals surface area contributed by atoms with Gasteiger partial charge in [-0.05, 0) is 54.9 Å². The second-order valence-electron chi connectivity index (χ2n) is 8.60. The molecule has 0 aliphatic carbocycles. The van der Waals surface area contributed by atoms with Crippen molar-refractivity contribution in [1.82, 2.24) is 14.9 Å². The zero-order valence-corrected chi connectivity index (χ0v) is 20.6.